The topological polar surface area (TPSA) is 93.5 Å². The molecule has 8 nitrogen and oxygen atoms in total. The number of piperidine rings is 1. The number of ether oxygens (including phenoxy) is 1. The summed E-state index contributed by atoms with van der Waals surface area (Å²) in [5.41, 5.74) is 0.463. The summed E-state index contributed by atoms with van der Waals surface area (Å²) in [5.74, 6) is 0.288. The monoisotopic (exact) mass is 430 g/mol. The molecule has 2 aliphatic rings. The molecule has 0 unspecified atom stereocenters. The minimum Gasteiger partial charge on any atom is -0.492 e. The summed E-state index contributed by atoms with van der Waals surface area (Å²) in [6.07, 6.45) is 9.54. The van der Waals surface area contributed by atoms with Gasteiger partial charge in [0.1, 0.15) is 5.75 Å². The van der Waals surface area contributed by atoms with Gasteiger partial charge in [-0.25, -0.2) is 13.4 Å². The molecule has 4 rings (SSSR count). The number of hydrogen-bond donors (Lipinski definition) is 1. The van der Waals surface area contributed by atoms with E-state index < -0.39 is 10.0 Å². The van der Waals surface area contributed by atoms with Crippen LogP contribution in [0.4, 0.5) is 0 Å². The molecule has 1 fully saturated rings. The van der Waals surface area contributed by atoms with E-state index in [9.17, 15) is 13.2 Å². The molecule has 3 heterocycles. The minimum atomic E-state index is -3.76. The quantitative estimate of drug-likeness (QED) is 0.737. The lowest BCUT2D eigenvalue weighted by Crippen LogP contribution is -2.56. The molecule has 2 aromatic rings. The number of imidazole rings is 1. The molecule has 1 aromatic carbocycles. The largest absolute Gasteiger partial charge is 0.492 e. The Morgan fingerprint density at radius 1 is 1.23 bits per heavy atom. The summed E-state index contributed by atoms with van der Waals surface area (Å²) in [7, 11) is -2.02. The molecule has 9 heteroatoms. The zero-order chi connectivity index (χ0) is 21.1. The third-order valence-electron chi connectivity index (χ3n) is 5.52. The van der Waals surface area contributed by atoms with Crippen LogP contribution in [-0.4, -0.2) is 53.4 Å². The highest BCUT2D eigenvalue weighted by Gasteiger charge is 2.40. The first-order valence-electron chi connectivity index (χ1n) is 10.1. The van der Waals surface area contributed by atoms with Gasteiger partial charge < -0.3 is 14.6 Å². The molecule has 0 radical (unpaired) electrons. The van der Waals surface area contributed by atoms with Gasteiger partial charge in [0.2, 0.25) is 0 Å². The van der Waals surface area contributed by atoms with Gasteiger partial charge in [0, 0.05) is 31.9 Å². The molecule has 2 atom stereocenters. The van der Waals surface area contributed by atoms with Crippen LogP contribution in [0, 0.1) is 0 Å². The lowest BCUT2D eigenvalue weighted by molar-refractivity contribution is 0.0887. The molecule has 1 N–H and O–H groups in total. The molecule has 1 saturated heterocycles. The Hall–Kier alpha value is -2.65. The van der Waals surface area contributed by atoms with Crippen molar-refractivity contribution in [1.82, 2.24) is 19.2 Å². The fourth-order valence-electron chi connectivity index (χ4n) is 4.03. The van der Waals surface area contributed by atoms with Crippen molar-refractivity contribution in [1.29, 1.82) is 0 Å². The van der Waals surface area contributed by atoms with Crippen LogP contribution in [0.2, 0.25) is 0 Å². The van der Waals surface area contributed by atoms with Crippen molar-refractivity contribution in [3.05, 3.63) is 54.5 Å². The van der Waals surface area contributed by atoms with Gasteiger partial charge in [-0.1, -0.05) is 24.3 Å². The van der Waals surface area contributed by atoms with Crippen LogP contribution in [0.3, 0.4) is 0 Å². The Balaban J connectivity index is 1.67. The molecule has 1 amide bonds. The average Bonchev–Trinajstić information content (AvgIpc) is 3.18. The maximum atomic E-state index is 13.3. The molecule has 2 aliphatic heterocycles. The average molecular weight is 431 g/mol. The summed E-state index contributed by atoms with van der Waals surface area (Å²) >= 11 is 0. The number of rotatable bonds is 2. The second-order valence-corrected chi connectivity index (χ2v) is 9.46. The number of hydrogen-bond acceptors (Lipinski definition) is 5. The summed E-state index contributed by atoms with van der Waals surface area (Å²) in [6, 6.07) is 6.45. The van der Waals surface area contributed by atoms with Crippen LogP contribution in [0.5, 0.6) is 5.75 Å². The van der Waals surface area contributed by atoms with E-state index in [0.29, 0.717) is 50.1 Å². The van der Waals surface area contributed by atoms with Crippen molar-refractivity contribution in [3.63, 3.8) is 0 Å². The summed E-state index contributed by atoms with van der Waals surface area (Å²) in [6.45, 7) is 0.855. The number of fused-ring (bicyclic) bond motifs is 2. The first kappa shape index (κ1) is 20.6. The molecule has 0 saturated carbocycles. The molecular weight excluding hydrogens is 404 g/mol. The highest BCUT2D eigenvalue weighted by molar-refractivity contribution is 7.89. The SMILES string of the molecule is Cn1cnc(S(=O)(=O)N2CCC[C@@H]3NC(=O)c4ccccc4OCCC=CC[C@@H]32)c1. The standard InChI is InChI=1S/C21H26N4O4S/c1-24-14-20(22-15-24)30(27,28)25-12-7-9-17-18(25)10-3-2-6-13-29-19-11-5-4-8-16(19)21(26)23-17/h2-5,8,11,14-15,17-18H,6-7,9-10,12-13H2,1H3,(H,23,26)/t17-,18-/m0/s1. The number of carbonyl (C=O) groups excluding carboxylic acids is 1. The van der Waals surface area contributed by atoms with Crippen LogP contribution >= 0.6 is 0 Å². The number of aryl methyl sites for hydroxylation is 1. The van der Waals surface area contributed by atoms with Crippen molar-refractivity contribution < 1.29 is 17.9 Å². The third kappa shape index (κ3) is 4.13. The van der Waals surface area contributed by atoms with Gasteiger partial charge >= 0.3 is 0 Å². The molecular formula is C21H26N4O4S. The van der Waals surface area contributed by atoms with Crippen LogP contribution < -0.4 is 10.1 Å². The molecule has 0 bridgehead atoms. The number of nitrogens with one attached hydrogen (secondary N) is 1. The Morgan fingerprint density at radius 2 is 2.07 bits per heavy atom. The zero-order valence-corrected chi connectivity index (χ0v) is 17.7. The second-order valence-electron chi connectivity index (χ2n) is 7.62. The molecule has 30 heavy (non-hydrogen) atoms. The maximum Gasteiger partial charge on any atom is 0.262 e. The van der Waals surface area contributed by atoms with Crippen LogP contribution in [0.15, 0.2) is 54.0 Å². The minimum absolute atomic E-state index is 0.0332. The second kappa shape index (κ2) is 8.61. The van der Waals surface area contributed by atoms with Gasteiger partial charge in [0.05, 0.1) is 18.5 Å². The van der Waals surface area contributed by atoms with E-state index in [0.717, 1.165) is 0 Å². The van der Waals surface area contributed by atoms with E-state index in [1.807, 2.05) is 18.2 Å². The van der Waals surface area contributed by atoms with Crippen molar-refractivity contribution in [2.45, 2.75) is 42.8 Å². The van der Waals surface area contributed by atoms with Crippen LogP contribution in [0.25, 0.3) is 0 Å². The normalized spacial score (nSPS) is 23.3. The van der Waals surface area contributed by atoms with Gasteiger partial charge in [-0.2, -0.15) is 4.31 Å². The Bertz CT molecular complexity index is 1050. The van der Waals surface area contributed by atoms with Gasteiger partial charge in [-0.05, 0) is 37.8 Å². The van der Waals surface area contributed by atoms with Crippen LogP contribution in [-0.2, 0) is 17.1 Å². The fourth-order valence-corrected chi connectivity index (χ4v) is 5.71. The van der Waals surface area contributed by atoms with Gasteiger partial charge in [0.15, 0.2) is 5.03 Å². The van der Waals surface area contributed by atoms with Gasteiger partial charge in [0.25, 0.3) is 15.9 Å². The Labute approximate surface area is 176 Å². The fraction of sp³-hybridized carbons (Fsp3) is 0.429. The van der Waals surface area contributed by atoms with Crippen LogP contribution in [0.1, 0.15) is 36.0 Å². The smallest absolute Gasteiger partial charge is 0.262 e. The number of para-hydroxylation sites is 1. The number of sulfonamides is 1. The van der Waals surface area contributed by atoms with E-state index in [2.05, 4.69) is 10.3 Å². The Kier molecular flexibility index (Phi) is 5.92. The van der Waals surface area contributed by atoms with Crippen molar-refractivity contribution in [2.75, 3.05) is 13.2 Å². The Morgan fingerprint density at radius 3 is 2.87 bits per heavy atom. The first-order chi connectivity index (χ1) is 14.5. The summed E-state index contributed by atoms with van der Waals surface area (Å²) < 4.78 is 35.5. The summed E-state index contributed by atoms with van der Waals surface area (Å²) in [5, 5.41) is 3.10. The summed E-state index contributed by atoms with van der Waals surface area (Å²) in [4.78, 5) is 17.1. The first-order valence-corrected chi connectivity index (χ1v) is 11.6. The van der Waals surface area contributed by atoms with E-state index in [-0.39, 0.29) is 23.0 Å². The predicted octanol–water partition coefficient (Wildman–Crippen LogP) is 2.10. The van der Waals surface area contributed by atoms with Crippen molar-refractivity contribution in [2.24, 2.45) is 7.05 Å². The van der Waals surface area contributed by atoms with E-state index in [4.69, 9.17) is 4.74 Å². The van der Waals surface area contributed by atoms with E-state index in [1.54, 1.807) is 29.8 Å². The molecule has 160 valence electrons. The molecule has 0 spiro atoms. The predicted molar refractivity (Wildman–Crippen MR) is 112 cm³/mol. The zero-order valence-electron chi connectivity index (χ0n) is 16.9. The molecule has 1 aromatic heterocycles. The number of aromatic nitrogens is 2. The van der Waals surface area contributed by atoms with Gasteiger partial charge in [-0.3, -0.25) is 4.79 Å². The van der Waals surface area contributed by atoms with Crippen molar-refractivity contribution in [3.8, 4) is 5.75 Å². The van der Waals surface area contributed by atoms with E-state index in [1.165, 1.54) is 16.8 Å². The highest BCUT2D eigenvalue weighted by atomic mass is 32.2. The van der Waals surface area contributed by atoms with E-state index >= 15 is 0 Å². The van der Waals surface area contributed by atoms with Crippen molar-refractivity contribution >= 4 is 15.9 Å². The number of carbonyl (C=O) groups is 1. The number of amides is 1. The maximum absolute atomic E-state index is 13.3. The molecule has 0 aliphatic carbocycles. The number of nitrogens with zero attached hydrogens (tertiary/aromatic N) is 3. The highest BCUT2D eigenvalue weighted by Crippen LogP contribution is 2.28. The lowest BCUT2D eigenvalue weighted by atomic mass is 9.95. The third-order valence-corrected chi connectivity index (χ3v) is 7.33. The lowest BCUT2D eigenvalue weighted by Gasteiger charge is -2.40. The van der Waals surface area contributed by atoms with Gasteiger partial charge in [-0.15, -0.1) is 0 Å². The number of benzene rings is 1.